The summed E-state index contributed by atoms with van der Waals surface area (Å²) in [7, 11) is 1.58. The second-order valence-corrected chi connectivity index (χ2v) is 6.93. The summed E-state index contributed by atoms with van der Waals surface area (Å²) in [6.45, 7) is 4.46. The Morgan fingerprint density at radius 1 is 0.774 bits per heavy atom. The molecule has 2 aromatic rings. The third-order valence-electron chi connectivity index (χ3n) is 4.58. The van der Waals surface area contributed by atoms with Crippen molar-refractivity contribution in [1.29, 1.82) is 0 Å². The Labute approximate surface area is 183 Å². The molecule has 0 saturated carbocycles. The Morgan fingerprint density at radius 2 is 1.32 bits per heavy atom. The molecule has 0 bridgehead atoms. The zero-order valence-electron chi connectivity index (χ0n) is 18.0. The summed E-state index contributed by atoms with van der Waals surface area (Å²) in [4.78, 5) is 23.1. The van der Waals surface area contributed by atoms with Crippen LogP contribution in [0, 0.1) is 0 Å². The summed E-state index contributed by atoms with van der Waals surface area (Å²) in [6, 6.07) is 13.8. The minimum atomic E-state index is -0.421. The van der Waals surface area contributed by atoms with Gasteiger partial charge in [-0.25, -0.2) is 9.59 Å². The predicted molar refractivity (Wildman–Crippen MR) is 119 cm³/mol. The molecule has 0 aliphatic rings. The molecule has 0 saturated heterocycles. The second-order valence-electron chi connectivity index (χ2n) is 6.93. The predicted octanol–water partition coefficient (Wildman–Crippen LogP) is 5.36. The van der Waals surface area contributed by atoms with Gasteiger partial charge < -0.3 is 18.9 Å². The number of unbranched alkanes of at least 4 members (excludes halogenated alkanes) is 5. The van der Waals surface area contributed by atoms with E-state index in [-0.39, 0.29) is 5.97 Å². The quantitative estimate of drug-likeness (QED) is 0.175. The van der Waals surface area contributed by atoms with E-state index in [0.29, 0.717) is 30.3 Å². The van der Waals surface area contributed by atoms with E-state index in [4.69, 9.17) is 18.9 Å². The third kappa shape index (κ3) is 9.38. The maximum absolute atomic E-state index is 12.2. The van der Waals surface area contributed by atoms with Crippen molar-refractivity contribution in [3.63, 3.8) is 0 Å². The molecule has 0 atom stereocenters. The molecule has 0 fully saturated rings. The topological polar surface area (TPSA) is 71.1 Å². The van der Waals surface area contributed by atoms with Crippen molar-refractivity contribution in [3.8, 4) is 17.2 Å². The highest BCUT2D eigenvalue weighted by Gasteiger charge is 2.09. The van der Waals surface area contributed by atoms with Crippen molar-refractivity contribution < 1.29 is 28.5 Å². The summed E-state index contributed by atoms with van der Waals surface area (Å²) >= 11 is 0. The Morgan fingerprint density at radius 3 is 1.94 bits per heavy atom. The van der Waals surface area contributed by atoms with E-state index in [1.165, 1.54) is 6.08 Å². The molecule has 0 aliphatic heterocycles. The van der Waals surface area contributed by atoms with Gasteiger partial charge in [0.05, 0.1) is 25.9 Å². The van der Waals surface area contributed by atoms with Gasteiger partial charge in [0.15, 0.2) is 0 Å². The molecule has 0 heterocycles. The van der Waals surface area contributed by atoms with E-state index in [0.717, 1.165) is 44.3 Å². The fourth-order valence-corrected chi connectivity index (χ4v) is 2.83. The van der Waals surface area contributed by atoms with Gasteiger partial charge in [0.1, 0.15) is 17.2 Å². The minimum Gasteiger partial charge on any atom is -0.497 e. The number of esters is 2. The van der Waals surface area contributed by atoms with Crippen molar-refractivity contribution in [3.05, 3.63) is 66.7 Å². The van der Waals surface area contributed by atoms with Crippen LogP contribution in [-0.2, 0) is 9.53 Å². The van der Waals surface area contributed by atoms with Crippen LogP contribution in [0.25, 0.3) is 0 Å². The summed E-state index contributed by atoms with van der Waals surface area (Å²) in [6.07, 6.45) is 7.40. The third-order valence-corrected chi connectivity index (χ3v) is 4.58. The Hall–Kier alpha value is -3.28. The zero-order chi connectivity index (χ0) is 22.3. The number of hydrogen-bond donors (Lipinski definition) is 0. The van der Waals surface area contributed by atoms with Crippen LogP contribution in [0.2, 0.25) is 0 Å². The lowest BCUT2D eigenvalue weighted by Gasteiger charge is -2.08. The first-order chi connectivity index (χ1) is 15.1. The lowest BCUT2D eigenvalue weighted by Crippen LogP contribution is -2.08. The molecule has 2 aromatic carbocycles. The van der Waals surface area contributed by atoms with Crippen LogP contribution in [0.5, 0.6) is 17.2 Å². The molecule has 0 N–H and O–H groups in total. The van der Waals surface area contributed by atoms with Crippen LogP contribution >= 0.6 is 0 Å². The van der Waals surface area contributed by atoms with Crippen LogP contribution in [0.4, 0.5) is 0 Å². The van der Waals surface area contributed by atoms with Crippen molar-refractivity contribution in [2.24, 2.45) is 0 Å². The lowest BCUT2D eigenvalue weighted by atomic mass is 10.1. The van der Waals surface area contributed by atoms with Gasteiger partial charge >= 0.3 is 11.9 Å². The first-order valence-corrected chi connectivity index (χ1v) is 10.5. The Bertz CT molecular complexity index is 811. The summed E-state index contributed by atoms with van der Waals surface area (Å²) < 4.78 is 21.1. The molecule has 166 valence electrons. The first kappa shape index (κ1) is 24.0. The summed E-state index contributed by atoms with van der Waals surface area (Å²) in [5.41, 5.74) is 0.457. The normalized spacial score (nSPS) is 10.2. The number of ether oxygens (including phenoxy) is 4. The van der Waals surface area contributed by atoms with E-state index < -0.39 is 5.97 Å². The number of hydrogen-bond acceptors (Lipinski definition) is 6. The van der Waals surface area contributed by atoms with Gasteiger partial charge in [-0.05, 0) is 61.4 Å². The molecule has 0 aliphatic carbocycles. The van der Waals surface area contributed by atoms with Crippen molar-refractivity contribution >= 4 is 11.9 Å². The fraction of sp³-hybridized carbons (Fsp3) is 0.360. The maximum Gasteiger partial charge on any atom is 0.343 e. The van der Waals surface area contributed by atoms with Crippen LogP contribution in [-0.4, -0.2) is 32.3 Å². The largest absolute Gasteiger partial charge is 0.497 e. The molecule has 6 heteroatoms. The Balaban J connectivity index is 1.57. The molecule has 6 nitrogen and oxygen atoms in total. The van der Waals surface area contributed by atoms with E-state index in [1.54, 1.807) is 55.6 Å². The standard InChI is InChI=1S/C25H30O6/c1-3-24(26)30-19-9-7-5-4-6-8-18-29-22-14-16-23(17-15-22)31-25(27)20-10-12-21(28-2)13-11-20/h3,10-17H,1,4-9,18-19H2,2H3. The number of carbonyl (C=O) groups is 2. The number of rotatable bonds is 14. The molecule has 0 unspecified atom stereocenters. The van der Waals surface area contributed by atoms with Crippen LogP contribution in [0.3, 0.4) is 0 Å². The first-order valence-electron chi connectivity index (χ1n) is 10.5. The Kier molecular flexibility index (Phi) is 10.7. The molecule has 0 radical (unpaired) electrons. The van der Waals surface area contributed by atoms with E-state index in [2.05, 4.69) is 6.58 Å². The van der Waals surface area contributed by atoms with Crippen molar-refractivity contribution in [2.45, 2.75) is 38.5 Å². The van der Waals surface area contributed by atoms with Gasteiger partial charge in [0.2, 0.25) is 0 Å². The molecule has 2 rings (SSSR count). The van der Waals surface area contributed by atoms with Crippen molar-refractivity contribution in [2.75, 3.05) is 20.3 Å². The zero-order valence-corrected chi connectivity index (χ0v) is 18.0. The fourth-order valence-electron chi connectivity index (χ4n) is 2.83. The molecule has 0 spiro atoms. The van der Waals surface area contributed by atoms with Gasteiger partial charge in [-0.3, -0.25) is 0 Å². The summed E-state index contributed by atoms with van der Waals surface area (Å²) in [5, 5.41) is 0. The number of carbonyl (C=O) groups excluding carboxylic acids is 2. The molecule has 0 aromatic heterocycles. The SMILES string of the molecule is C=CC(=O)OCCCCCCCCOc1ccc(OC(=O)c2ccc(OC)cc2)cc1. The highest BCUT2D eigenvalue weighted by molar-refractivity contribution is 5.91. The molecule has 0 amide bonds. The van der Waals surface area contributed by atoms with E-state index >= 15 is 0 Å². The average Bonchev–Trinajstić information content (AvgIpc) is 2.81. The smallest absolute Gasteiger partial charge is 0.343 e. The van der Waals surface area contributed by atoms with Crippen LogP contribution in [0.1, 0.15) is 48.9 Å². The highest BCUT2D eigenvalue weighted by Crippen LogP contribution is 2.20. The highest BCUT2D eigenvalue weighted by atomic mass is 16.5. The van der Waals surface area contributed by atoms with Gasteiger partial charge in [0, 0.05) is 6.08 Å². The van der Waals surface area contributed by atoms with Crippen LogP contribution in [0.15, 0.2) is 61.2 Å². The number of methoxy groups -OCH3 is 1. The summed E-state index contributed by atoms with van der Waals surface area (Å²) in [5.74, 6) is 1.11. The van der Waals surface area contributed by atoms with Gasteiger partial charge in [-0.1, -0.05) is 32.3 Å². The monoisotopic (exact) mass is 426 g/mol. The van der Waals surface area contributed by atoms with Gasteiger partial charge in [-0.2, -0.15) is 0 Å². The van der Waals surface area contributed by atoms with Crippen molar-refractivity contribution in [1.82, 2.24) is 0 Å². The maximum atomic E-state index is 12.2. The minimum absolute atomic E-state index is 0.361. The molecular weight excluding hydrogens is 396 g/mol. The molecule has 31 heavy (non-hydrogen) atoms. The second kappa shape index (κ2) is 13.9. The average molecular weight is 427 g/mol. The van der Waals surface area contributed by atoms with Crippen LogP contribution < -0.4 is 14.2 Å². The van der Waals surface area contributed by atoms with Gasteiger partial charge in [-0.15, -0.1) is 0 Å². The molecular formula is C25H30O6. The van der Waals surface area contributed by atoms with E-state index in [1.807, 2.05) is 0 Å². The lowest BCUT2D eigenvalue weighted by molar-refractivity contribution is -0.137. The van der Waals surface area contributed by atoms with E-state index in [9.17, 15) is 9.59 Å². The number of benzene rings is 2. The van der Waals surface area contributed by atoms with Gasteiger partial charge in [0.25, 0.3) is 0 Å².